The van der Waals surface area contributed by atoms with Crippen molar-refractivity contribution in [2.24, 2.45) is 11.7 Å². The molecule has 20 heavy (non-hydrogen) atoms. The molecule has 1 aliphatic carbocycles. The van der Waals surface area contributed by atoms with Crippen LogP contribution in [0.25, 0.3) is 0 Å². The predicted molar refractivity (Wildman–Crippen MR) is 77.1 cm³/mol. The molecule has 1 aromatic rings. The second-order valence-corrected chi connectivity index (χ2v) is 5.90. The van der Waals surface area contributed by atoms with Crippen molar-refractivity contribution < 1.29 is 9.26 Å². The molecule has 0 saturated heterocycles. The SMILES string of the molecule is CCOC(C)(CC)c1noc(C(N)C2CCCCC2)n1. The molecule has 1 fully saturated rings. The van der Waals surface area contributed by atoms with Crippen molar-refractivity contribution in [2.75, 3.05) is 6.61 Å². The number of hydrogen-bond acceptors (Lipinski definition) is 5. The van der Waals surface area contributed by atoms with E-state index in [-0.39, 0.29) is 6.04 Å². The van der Waals surface area contributed by atoms with Gasteiger partial charge in [0.05, 0.1) is 6.04 Å². The molecule has 0 aliphatic heterocycles. The lowest BCUT2D eigenvalue weighted by Gasteiger charge is -2.25. The maximum atomic E-state index is 6.30. The van der Waals surface area contributed by atoms with Crippen LogP contribution in [0.1, 0.15) is 77.1 Å². The minimum Gasteiger partial charge on any atom is -0.367 e. The Balaban J connectivity index is 2.11. The van der Waals surface area contributed by atoms with Gasteiger partial charge in [-0.1, -0.05) is 31.3 Å². The minimum atomic E-state index is -0.483. The monoisotopic (exact) mass is 281 g/mol. The summed E-state index contributed by atoms with van der Waals surface area (Å²) in [6, 6.07) is -0.140. The van der Waals surface area contributed by atoms with Gasteiger partial charge >= 0.3 is 0 Å². The van der Waals surface area contributed by atoms with Crippen LogP contribution in [0.5, 0.6) is 0 Å². The highest BCUT2D eigenvalue weighted by atomic mass is 16.5. The molecule has 5 heteroatoms. The maximum absolute atomic E-state index is 6.30. The van der Waals surface area contributed by atoms with E-state index in [9.17, 15) is 0 Å². The van der Waals surface area contributed by atoms with E-state index >= 15 is 0 Å². The Hall–Kier alpha value is -0.940. The molecule has 1 aliphatic rings. The lowest BCUT2D eigenvalue weighted by molar-refractivity contribution is -0.0403. The molecular weight excluding hydrogens is 254 g/mol. The topological polar surface area (TPSA) is 74.2 Å². The largest absolute Gasteiger partial charge is 0.367 e. The minimum absolute atomic E-state index is 0.140. The van der Waals surface area contributed by atoms with Gasteiger partial charge in [0.25, 0.3) is 0 Å². The van der Waals surface area contributed by atoms with Crippen LogP contribution in [-0.4, -0.2) is 16.7 Å². The van der Waals surface area contributed by atoms with Gasteiger partial charge in [-0.2, -0.15) is 4.98 Å². The molecule has 2 rings (SSSR count). The number of rotatable bonds is 6. The summed E-state index contributed by atoms with van der Waals surface area (Å²) >= 11 is 0. The van der Waals surface area contributed by atoms with Crippen LogP contribution in [0.15, 0.2) is 4.52 Å². The summed E-state index contributed by atoms with van der Waals surface area (Å²) in [5.41, 5.74) is 5.82. The Bertz CT molecular complexity index is 415. The first-order valence-corrected chi connectivity index (χ1v) is 7.84. The zero-order valence-corrected chi connectivity index (χ0v) is 12.9. The normalized spacial score (nSPS) is 21.6. The van der Waals surface area contributed by atoms with Crippen LogP contribution in [-0.2, 0) is 10.3 Å². The van der Waals surface area contributed by atoms with Gasteiger partial charge in [0.1, 0.15) is 5.60 Å². The van der Waals surface area contributed by atoms with Crippen LogP contribution < -0.4 is 5.73 Å². The Morgan fingerprint density at radius 3 is 2.65 bits per heavy atom. The first kappa shape index (κ1) is 15.4. The van der Waals surface area contributed by atoms with Crippen LogP contribution in [0.2, 0.25) is 0 Å². The molecule has 1 heterocycles. The van der Waals surface area contributed by atoms with Crippen molar-refractivity contribution in [1.29, 1.82) is 0 Å². The predicted octanol–water partition coefficient (Wildman–Crippen LogP) is 3.31. The molecule has 0 aromatic carbocycles. The van der Waals surface area contributed by atoms with Crippen LogP contribution >= 0.6 is 0 Å². The van der Waals surface area contributed by atoms with Crippen molar-refractivity contribution in [2.45, 2.75) is 70.9 Å². The number of hydrogen-bond donors (Lipinski definition) is 1. The molecular formula is C15H27N3O2. The van der Waals surface area contributed by atoms with E-state index in [1.807, 2.05) is 13.8 Å². The van der Waals surface area contributed by atoms with E-state index in [1.54, 1.807) is 0 Å². The van der Waals surface area contributed by atoms with Gasteiger partial charge in [0, 0.05) is 6.61 Å². The van der Waals surface area contributed by atoms with Gasteiger partial charge in [-0.25, -0.2) is 0 Å². The molecule has 5 nitrogen and oxygen atoms in total. The lowest BCUT2D eigenvalue weighted by Crippen LogP contribution is -2.27. The Kier molecular flexibility index (Phi) is 5.16. The summed E-state index contributed by atoms with van der Waals surface area (Å²) < 4.78 is 11.2. The number of ether oxygens (including phenoxy) is 1. The van der Waals surface area contributed by atoms with E-state index in [2.05, 4.69) is 17.1 Å². The lowest BCUT2D eigenvalue weighted by atomic mass is 9.84. The molecule has 0 radical (unpaired) electrons. The van der Waals surface area contributed by atoms with Gasteiger partial charge in [0.2, 0.25) is 11.7 Å². The van der Waals surface area contributed by atoms with E-state index in [0.717, 1.165) is 19.3 Å². The fraction of sp³-hybridized carbons (Fsp3) is 0.867. The molecule has 0 spiro atoms. The van der Waals surface area contributed by atoms with Gasteiger partial charge in [0.15, 0.2) is 0 Å². The zero-order valence-electron chi connectivity index (χ0n) is 12.9. The smallest absolute Gasteiger partial charge is 0.243 e. The highest BCUT2D eigenvalue weighted by Gasteiger charge is 2.33. The van der Waals surface area contributed by atoms with Crippen molar-refractivity contribution in [1.82, 2.24) is 10.1 Å². The molecule has 1 aromatic heterocycles. The van der Waals surface area contributed by atoms with E-state index < -0.39 is 5.60 Å². The Labute approximate surface area is 121 Å². The van der Waals surface area contributed by atoms with E-state index in [1.165, 1.54) is 19.3 Å². The quantitative estimate of drug-likeness (QED) is 0.865. The average molecular weight is 281 g/mol. The molecule has 114 valence electrons. The fourth-order valence-electron chi connectivity index (χ4n) is 2.92. The second-order valence-electron chi connectivity index (χ2n) is 5.90. The summed E-state index contributed by atoms with van der Waals surface area (Å²) in [4.78, 5) is 4.52. The summed E-state index contributed by atoms with van der Waals surface area (Å²) in [5.74, 6) is 1.64. The van der Waals surface area contributed by atoms with Crippen molar-refractivity contribution in [3.63, 3.8) is 0 Å². The van der Waals surface area contributed by atoms with E-state index in [4.69, 9.17) is 15.0 Å². The first-order valence-electron chi connectivity index (χ1n) is 7.84. The molecule has 2 unspecified atom stereocenters. The third-order valence-electron chi connectivity index (χ3n) is 4.50. The van der Waals surface area contributed by atoms with Gasteiger partial charge < -0.3 is 15.0 Å². The van der Waals surface area contributed by atoms with Gasteiger partial charge in [-0.05, 0) is 39.0 Å². The number of nitrogens with two attached hydrogens (primary N) is 1. The Morgan fingerprint density at radius 2 is 2.05 bits per heavy atom. The number of aromatic nitrogens is 2. The summed E-state index contributed by atoms with van der Waals surface area (Å²) in [6.07, 6.45) is 6.95. The summed E-state index contributed by atoms with van der Waals surface area (Å²) in [7, 11) is 0. The van der Waals surface area contributed by atoms with E-state index in [0.29, 0.717) is 24.2 Å². The summed E-state index contributed by atoms with van der Waals surface area (Å²) in [5, 5.41) is 4.10. The molecule has 0 amide bonds. The zero-order chi connectivity index (χ0) is 14.6. The number of nitrogens with zero attached hydrogens (tertiary/aromatic N) is 2. The summed E-state index contributed by atoms with van der Waals surface area (Å²) in [6.45, 7) is 6.66. The van der Waals surface area contributed by atoms with Crippen molar-refractivity contribution in [3.8, 4) is 0 Å². The molecule has 1 saturated carbocycles. The van der Waals surface area contributed by atoms with Crippen molar-refractivity contribution in [3.05, 3.63) is 11.7 Å². The van der Waals surface area contributed by atoms with Gasteiger partial charge in [-0.3, -0.25) is 0 Å². The second kappa shape index (κ2) is 6.68. The highest BCUT2D eigenvalue weighted by Crippen LogP contribution is 2.33. The standard InChI is InChI=1S/C15H27N3O2/c1-4-15(3,19-5-2)14-17-13(20-18-14)12(16)11-9-7-6-8-10-11/h11-12H,4-10,16H2,1-3H3. The van der Waals surface area contributed by atoms with Gasteiger partial charge in [-0.15, -0.1) is 0 Å². The maximum Gasteiger partial charge on any atom is 0.243 e. The van der Waals surface area contributed by atoms with Crippen LogP contribution in [0, 0.1) is 5.92 Å². The van der Waals surface area contributed by atoms with Crippen LogP contribution in [0.3, 0.4) is 0 Å². The Morgan fingerprint density at radius 1 is 1.35 bits per heavy atom. The average Bonchev–Trinajstić information content (AvgIpc) is 2.98. The van der Waals surface area contributed by atoms with Crippen molar-refractivity contribution >= 4 is 0 Å². The molecule has 2 N–H and O–H groups in total. The first-order chi connectivity index (χ1) is 9.60. The third kappa shape index (κ3) is 3.20. The molecule has 2 atom stereocenters. The highest BCUT2D eigenvalue weighted by molar-refractivity contribution is 5.02. The fourth-order valence-corrected chi connectivity index (χ4v) is 2.92. The third-order valence-corrected chi connectivity index (χ3v) is 4.50. The van der Waals surface area contributed by atoms with Crippen LogP contribution in [0.4, 0.5) is 0 Å². The molecule has 0 bridgehead atoms.